The van der Waals surface area contributed by atoms with Gasteiger partial charge < -0.3 is 9.64 Å². The summed E-state index contributed by atoms with van der Waals surface area (Å²) in [5.74, 6) is -0.156. The highest BCUT2D eigenvalue weighted by molar-refractivity contribution is 14.2. The van der Waals surface area contributed by atoms with Gasteiger partial charge in [0.05, 0.1) is 62.9 Å². The fraction of sp³-hybridized carbons (Fsp3) is 0.250. The fourth-order valence-electron chi connectivity index (χ4n) is 4.13. The minimum atomic E-state index is -2.72. The first kappa shape index (κ1) is 23.7. The molecule has 1 fully saturated rings. The summed E-state index contributed by atoms with van der Waals surface area (Å²) in [6.45, 7) is 2.41. The third-order valence-corrected chi connectivity index (χ3v) is 9.81. The topological polar surface area (TPSA) is 75.1 Å². The van der Waals surface area contributed by atoms with Crippen LogP contribution in [0.4, 0.5) is 5.69 Å². The zero-order valence-electron chi connectivity index (χ0n) is 18.1. The Labute approximate surface area is 216 Å². The van der Waals surface area contributed by atoms with Gasteiger partial charge in [0, 0.05) is 19.3 Å². The average Bonchev–Trinajstić information content (AvgIpc) is 3.30. The summed E-state index contributed by atoms with van der Waals surface area (Å²) in [4.78, 5) is 19.3. The van der Waals surface area contributed by atoms with Crippen LogP contribution >= 0.6 is 32.8 Å². The smallest absolute Gasteiger partial charge is 0.255 e. The lowest BCUT2D eigenvalue weighted by atomic mass is 10.1. The maximum Gasteiger partial charge on any atom is 0.255 e. The van der Waals surface area contributed by atoms with Crippen LogP contribution < -0.4 is 0 Å². The molecular formula is C24H22ClIN4O3S. The largest absolute Gasteiger partial charge is 0.370 e. The number of aromatic nitrogens is 1. The minimum absolute atomic E-state index is 0.156. The van der Waals surface area contributed by atoms with Crippen LogP contribution in [0.2, 0.25) is 5.02 Å². The van der Waals surface area contributed by atoms with Gasteiger partial charge in [0.15, 0.2) is 7.09 Å². The van der Waals surface area contributed by atoms with E-state index in [1.807, 2.05) is 63.7 Å². The van der Waals surface area contributed by atoms with Gasteiger partial charge in [-0.15, -0.1) is 0 Å². The van der Waals surface area contributed by atoms with Gasteiger partial charge >= 0.3 is 0 Å². The number of hydrogen-bond donors (Lipinski definition) is 0. The normalized spacial score (nSPS) is 19.9. The number of carbonyl (C=O) groups excluding carboxylic acids is 1. The van der Waals surface area contributed by atoms with Crippen LogP contribution in [0, 0.1) is 0 Å². The van der Waals surface area contributed by atoms with Crippen LogP contribution in [0.3, 0.4) is 0 Å². The second kappa shape index (κ2) is 9.90. The van der Waals surface area contributed by atoms with Crippen LogP contribution in [0.15, 0.2) is 71.2 Å². The molecule has 176 valence electrons. The molecule has 34 heavy (non-hydrogen) atoms. The first-order valence-corrected chi connectivity index (χ1v) is 15.2. The van der Waals surface area contributed by atoms with Gasteiger partial charge in [0.1, 0.15) is 6.10 Å². The summed E-state index contributed by atoms with van der Waals surface area (Å²) >= 11 is 8.38. The molecule has 0 saturated carbocycles. The Morgan fingerprint density at radius 3 is 2.74 bits per heavy atom. The van der Waals surface area contributed by atoms with Gasteiger partial charge in [-0.25, -0.2) is 4.21 Å². The van der Waals surface area contributed by atoms with E-state index < -0.39 is 7.09 Å². The zero-order valence-corrected chi connectivity index (χ0v) is 21.9. The highest BCUT2D eigenvalue weighted by Crippen LogP contribution is 2.32. The maximum atomic E-state index is 13.4. The van der Waals surface area contributed by atoms with Crippen molar-refractivity contribution in [2.45, 2.75) is 19.2 Å². The van der Waals surface area contributed by atoms with Crippen LogP contribution in [-0.2, 0) is 24.9 Å². The standard InChI is InChI=1S/C24H22ClIN4O3S/c25-21-13-19(28-34(26,32)30-14-18-7-4-10-27-22(18)15-30)8-9-20(21)24(31)29-11-12-33-23(16-29)17-5-2-1-3-6-17/h1-10,13,23H,11-12,14-16H2/t23-,34?/m1/s1. The number of carbonyl (C=O) groups is 1. The van der Waals surface area contributed by atoms with Crippen molar-refractivity contribution >= 4 is 51.5 Å². The van der Waals surface area contributed by atoms with E-state index in [9.17, 15) is 9.00 Å². The first-order chi connectivity index (χ1) is 16.4. The lowest BCUT2D eigenvalue weighted by Crippen LogP contribution is -2.42. The number of benzene rings is 2. The molecule has 0 aliphatic carbocycles. The van der Waals surface area contributed by atoms with Gasteiger partial charge in [-0.1, -0.05) is 48.0 Å². The van der Waals surface area contributed by atoms with Crippen molar-refractivity contribution in [1.82, 2.24) is 14.2 Å². The summed E-state index contributed by atoms with van der Waals surface area (Å²) in [7, 11) is -2.72. The predicted molar refractivity (Wildman–Crippen MR) is 140 cm³/mol. The molecule has 7 nitrogen and oxygen atoms in total. The van der Waals surface area contributed by atoms with E-state index in [1.54, 1.807) is 33.6 Å². The predicted octanol–water partition coefficient (Wildman–Crippen LogP) is 5.33. The van der Waals surface area contributed by atoms with Gasteiger partial charge in [-0.05, 0) is 35.4 Å². The molecule has 0 N–H and O–H groups in total. The van der Waals surface area contributed by atoms with E-state index in [4.69, 9.17) is 16.3 Å². The van der Waals surface area contributed by atoms with Crippen LogP contribution in [-0.4, -0.2) is 44.0 Å². The van der Waals surface area contributed by atoms with Crippen molar-refractivity contribution in [3.63, 3.8) is 0 Å². The number of nitrogens with zero attached hydrogens (tertiary/aromatic N) is 4. The molecular weight excluding hydrogens is 587 g/mol. The van der Waals surface area contributed by atoms with E-state index in [0.29, 0.717) is 44.0 Å². The summed E-state index contributed by atoms with van der Waals surface area (Å²) in [6, 6.07) is 18.7. The number of hydrogen-bond acceptors (Lipinski definition) is 5. The van der Waals surface area contributed by atoms with Crippen molar-refractivity contribution in [1.29, 1.82) is 0 Å². The Bertz CT molecular complexity index is 1320. The minimum Gasteiger partial charge on any atom is -0.370 e. The second-order valence-corrected chi connectivity index (χ2v) is 13.5. The summed E-state index contributed by atoms with van der Waals surface area (Å²) < 4.78 is 25.5. The summed E-state index contributed by atoms with van der Waals surface area (Å²) in [6.07, 6.45) is 1.57. The number of rotatable bonds is 4. The second-order valence-electron chi connectivity index (χ2n) is 8.12. The molecule has 1 saturated heterocycles. The molecule has 0 spiro atoms. The van der Waals surface area contributed by atoms with E-state index in [0.717, 1.165) is 16.8 Å². The van der Waals surface area contributed by atoms with Crippen molar-refractivity contribution < 1.29 is 13.7 Å². The number of morpholine rings is 1. The third-order valence-electron chi connectivity index (χ3n) is 5.90. The fourth-order valence-corrected chi connectivity index (χ4v) is 6.97. The van der Waals surface area contributed by atoms with Gasteiger partial charge in [0.2, 0.25) is 0 Å². The highest BCUT2D eigenvalue weighted by atomic mass is 127. The van der Waals surface area contributed by atoms with Crippen molar-refractivity contribution in [3.05, 3.63) is 94.3 Å². The SMILES string of the molecule is O=C(c1ccc(N=S(=O)(I)N2Cc3cccnc3C2)cc1Cl)N1CCO[C@@H](c2ccccc2)C1. The number of halogens is 2. The summed E-state index contributed by atoms with van der Waals surface area (Å²) in [5.41, 5.74) is 3.87. The van der Waals surface area contributed by atoms with Crippen molar-refractivity contribution in [2.75, 3.05) is 19.7 Å². The Hall–Kier alpha value is -2.05. The molecule has 3 heterocycles. The van der Waals surface area contributed by atoms with E-state index in [1.165, 1.54) is 0 Å². The third kappa shape index (κ3) is 4.99. The first-order valence-electron chi connectivity index (χ1n) is 10.8. The van der Waals surface area contributed by atoms with E-state index in [-0.39, 0.29) is 17.0 Å². The Morgan fingerprint density at radius 1 is 1.15 bits per heavy atom. The van der Waals surface area contributed by atoms with Crippen molar-refractivity contribution in [2.24, 2.45) is 4.36 Å². The molecule has 3 aromatic rings. The van der Waals surface area contributed by atoms with E-state index >= 15 is 0 Å². The molecule has 1 aromatic heterocycles. The van der Waals surface area contributed by atoms with Crippen LogP contribution in [0.5, 0.6) is 0 Å². The molecule has 0 bridgehead atoms. The molecule has 0 radical (unpaired) electrons. The molecule has 2 atom stereocenters. The molecule has 2 aliphatic rings. The molecule has 10 heteroatoms. The highest BCUT2D eigenvalue weighted by Gasteiger charge is 2.29. The maximum absolute atomic E-state index is 13.4. The number of pyridine rings is 1. The lowest BCUT2D eigenvalue weighted by Gasteiger charge is -2.33. The van der Waals surface area contributed by atoms with Gasteiger partial charge in [-0.3, -0.25) is 9.78 Å². The van der Waals surface area contributed by atoms with E-state index in [2.05, 4.69) is 9.35 Å². The lowest BCUT2D eigenvalue weighted by molar-refractivity contribution is -0.0228. The van der Waals surface area contributed by atoms with Gasteiger partial charge in [-0.2, -0.15) is 8.67 Å². The molecule has 5 rings (SSSR count). The Balaban J connectivity index is 1.33. The summed E-state index contributed by atoms with van der Waals surface area (Å²) in [5, 5.41) is 0.284. The van der Waals surface area contributed by atoms with Crippen molar-refractivity contribution in [3.8, 4) is 0 Å². The van der Waals surface area contributed by atoms with Gasteiger partial charge in [0.25, 0.3) is 5.91 Å². The Morgan fingerprint density at radius 2 is 1.97 bits per heavy atom. The monoisotopic (exact) mass is 608 g/mol. The molecule has 1 amide bonds. The zero-order chi connectivity index (χ0) is 23.7. The number of amides is 1. The molecule has 2 aromatic carbocycles. The number of fused-ring (bicyclic) bond motifs is 1. The average molecular weight is 609 g/mol. The van der Waals surface area contributed by atoms with Crippen LogP contribution in [0.1, 0.15) is 33.3 Å². The molecule has 1 unspecified atom stereocenters. The number of ether oxygens (including phenoxy) is 1. The Kier molecular flexibility index (Phi) is 6.90. The quantitative estimate of drug-likeness (QED) is 0.297. The van der Waals surface area contributed by atoms with Crippen LogP contribution in [0.25, 0.3) is 0 Å². The molecule has 2 aliphatic heterocycles.